The van der Waals surface area contributed by atoms with Crippen LogP contribution in [0.3, 0.4) is 0 Å². The van der Waals surface area contributed by atoms with E-state index in [0.29, 0.717) is 49.7 Å². The van der Waals surface area contributed by atoms with E-state index in [9.17, 15) is 9.90 Å². The Morgan fingerprint density at radius 1 is 1.17 bits per heavy atom. The van der Waals surface area contributed by atoms with Crippen LogP contribution in [-0.4, -0.2) is 42.1 Å². The van der Waals surface area contributed by atoms with Gasteiger partial charge >= 0.3 is 5.97 Å². The van der Waals surface area contributed by atoms with Crippen LogP contribution in [0.2, 0.25) is 0 Å². The molecule has 1 heterocycles. The number of carboxylic acid groups (broad SMARTS) is 1. The van der Waals surface area contributed by atoms with Crippen molar-refractivity contribution < 1.29 is 24.5 Å². The van der Waals surface area contributed by atoms with Gasteiger partial charge in [-0.2, -0.15) is 0 Å². The van der Waals surface area contributed by atoms with Crippen LogP contribution in [0.25, 0.3) is 0 Å². The monoisotopic (exact) mass is 423 g/mol. The summed E-state index contributed by atoms with van der Waals surface area (Å²) in [6.45, 7) is 12.1. The second-order valence-electron chi connectivity index (χ2n) is 11.1. The predicted molar refractivity (Wildman–Crippen MR) is 115 cm³/mol. The summed E-state index contributed by atoms with van der Waals surface area (Å²) in [5, 5.41) is 22.2. The van der Waals surface area contributed by atoms with Crippen LogP contribution in [-0.2, 0) is 14.3 Å². The van der Waals surface area contributed by atoms with Gasteiger partial charge in [-0.15, -0.1) is 6.10 Å². The molecule has 7 atom stereocenters. The van der Waals surface area contributed by atoms with E-state index in [1.54, 1.807) is 0 Å². The van der Waals surface area contributed by atoms with E-state index in [0.717, 1.165) is 25.4 Å². The fourth-order valence-electron chi connectivity index (χ4n) is 6.29. The zero-order valence-electron chi connectivity index (χ0n) is 19.6. The van der Waals surface area contributed by atoms with Gasteiger partial charge in [0.25, 0.3) is 0 Å². The third kappa shape index (κ3) is 5.39. The first kappa shape index (κ1) is 24.0. The Bertz CT molecular complexity index is 570. The smallest absolute Gasteiger partial charge is 0.306 e. The van der Waals surface area contributed by atoms with Gasteiger partial charge in [0, 0.05) is 6.61 Å². The summed E-state index contributed by atoms with van der Waals surface area (Å²) in [4.78, 5) is 11.1. The normalized spacial score (nSPS) is 39.3. The van der Waals surface area contributed by atoms with Crippen LogP contribution in [0, 0.1) is 41.4 Å². The Labute approximate surface area is 182 Å². The first-order valence-electron chi connectivity index (χ1n) is 12.2. The van der Waals surface area contributed by atoms with Gasteiger partial charge in [0.05, 0.1) is 24.2 Å². The molecule has 174 valence electrons. The highest BCUT2D eigenvalue weighted by Gasteiger charge is 2.44. The molecule has 3 rings (SSSR count). The summed E-state index contributed by atoms with van der Waals surface area (Å²) in [7, 11) is 0. The van der Waals surface area contributed by atoms with E-state index in [4.69, 9.17) is 14.6 Å². The number of ether oxygens (including phenoxy) is 2. The fourth-order valence-corrected chi connectivity index (χ4v) is 6.29. The lowest BCUT2D eigenvalue weighted by atomic mass is 9.62. The Hall–Kier alpha value is -0.650. The van der Waals surface area contributed by atoms with E-state index in [1.807, 2.05) is 13.8 Å². The highest BCUT2D eigenvalue weighted by atomic mass is 16.5. The van der Waals surface area contributed by atoms with E-state index >= 15 is 0 Å². The largest absolute Gasteiger partial charge is 0.852 e. The molecular weight excluding hydrogens is 380 g/mol. The molecule has 2 unspecified atom stereocenters. The van der Waals surface area contributed by atoms with Gasteiger partial charge < -0.3 is 19.7 Å². The van der Waals surface area contributed by atoms with Crippen molar-refractivity contribution >= 4 is 5.97 Å². The second-order valence-corrected chi connectivity index (χ2v) is 11.1. The number of fused-ring (bicyclic) bond motifs is 1. The number of hydrogen-bond acceptors (Lipinski definition) is 4. The molecule has 1 N–H and O–H groups in total. The highest BCUT2D eigenvalue weighted by molar-refractivity contribution is 5.71. The molecule has 3 fully saturated rings. The maximum Gasteiger partial charge on any atom is 0.306 e. The summed E-state index contributed by atoms with van der Waals surface area (Å²) in [6, 6.07) is 0. The third-order valence-electron chi connectivity index (χ3n) is 8.87. The van der Waals surface area contributed by atoms with Crippen molar-refractivity contribution in [2.45, 2.75) is 97.4 Å². The molecule has 30 heavy (non-hydrogen) atoms. The molecule has 1 aliphatic heterocycles. The van der Waals surface area contributed by atoms with Crippen LogP contribution >= 0.6 is 0 Å². The maximum absolute atomic E-state index is 13.1. The minimum Gasteiger partial charge on any atom is -0.852 e. The van der Waals surface area contributed by atoms with Crippen molar-refractivity contribution in [1.82, 2.24) is 0 Å². The average molecular weight is 424 g/mol. The van der Waals surface area contributed by atoms with Gasteiger partial charge in [0.1, 0.15) is 0 Å². The number of hydrogen-bond donors (Lipinski definition) is 1. The SMILES string of the molecule is CC1CC[C@@H]2C(CO1)[C@H]([C@@H](C)[C@H]([O-])CCOC(C)(C)C1CC(C(=O)O)C1)CC[C@H]2C. The molecule has 2 aliphatic carbocycles. The molecule has 0 aromatic carbocycles. The predicted octanol–water partition coefficient (Wildman–Crippen LogP) is 4.12. The summed E-state index contributed by atoms with van der Waals surface area (Å²) in [5.74, 6) is 1.88. The zero-order valence-corrected chi connectivity index (χ0v) is 19.6. The lowest BCUT2D eigenvalue weighted by Crippen LogP contribution is -2.47. The van der Waals surface area contributed by atoms with Crippen molar-refractivity contribution in [2.75, 3.05) is 13.2 Å². The summed E-state index contributed by atoms with van der Waals surface area (Å²) in [6.07, 6.45) is 6.36. The molecule has 0 bridgehead atoms. The first-order chi connectivity index (χ1) is 14.1. The maximum atomic E-state index is 13.1. The van der Waals surface area contributed by atoms with Gasteiger partial charge in [0.2, 0.25) is 0 Å². The Morgan fingerprint density at radius 2 is 1.87 bits per heavy atom. The minimum atomic E-state index is -0.701. The molecule has 0 amide bonds. The van der Waals surface area contributed by atoms with Crippen LogP contribution < -0.4 is 5.11 Å². The molecule has 1 saturated heterocycles. The van der Waals surface area contributed by atoms with Gasteiger partial charge in [-0.05, 0) is 88.9 Å². The lowest BCUT2D eigenvalue weighted by Gasteiger charge is -2.47. The Balaban J connectivity index is 1.49. The number of carboxylic acids is 1. The van der Waals surface area contributed by atoms with Crippen molar-refractivity contribution in [3.63, 3.8) is 0 Å². The Kier molecular flexibility index (Phi) is 7.90. The lowest BCUT2D eigenvalue weighted by molar-refractivity contribution is -0.439. The highest BCUT2D eigenvalue weighted by Crippen LogP contribution is 2.47. The fraction of sp³-hybridized carbons (Fsp3) is 0.960. The van der Waals surface area contributed by atoms with Gasteiger partial charge in [-0.3, -0.25) is 4.79 Å². The van der Waals surface area contributed by atoms with Crippen LogP contribution in [0.1, 0.15) is 79.6 Å². The number of carbonyl (C=O) groups is 1. The van der Waals surface area contributed by atoms with Crippen molar-refractivity contribution in [3.05, 3.63) is 0 Å². The topological polar surface area (TPSA) is 78.8 Å². The second kappa shape index (κ2) is 9.87. The molecule has 3 aliphatic rings. The molecule has 0 aromatic rings. The molecule has 5 nitrogen and oxygen atoms in total. The first-order valence-corrected chi connectivity index (χ1v) is 12.2. The molecule has 2 saturated carbocycles. The van der Waals surface area contributed by atoms with E-state index < -0.39 is 12.1 Å². The van der Waals surface area contributed by atoms with Gasteiger partial charge in [-0.1, -0.05) is 26.2 Å². The van der Waals surface area contributed by atoms with E-state index in [-0.39, 0.29) is 23.4 Å². The number of aliphatic carboxylic acids is 1. The van der Waals surface area contributed by atoms with Crippen LogP contribution in [0.4, 0.5) is 0 Å². The van der Waals surface area contributed by atoms with Crippen molar-refractivity contribution in [3.8, 4) is 0 Å². The third-order valence-corrected chi connectivity index (χ3v) is 8.87. The molecule has 0 aromatic heterocycles. The van der Waals surface area contributed by atoms with Gasteiger partial charge in [-0.25, -0.2) is 0 Å². The average Bonchev–Trinajstić information content (AvgIpc) is 2.82. The standard InChI is InChI=1S/C25H43O5/c1-15-6-8-21(22-14-29-16(2)7-9-20(15)22)17(3)23(26)10-11-30-25(4,5)19-12-18(13-19)24(27)28/h15-23H,6-14H2,1-5H3,(H,27,28)/q-1/t15-,16?,17-,18?,19?,20+,21+,22?,23-/m1/s1. The van der Waals surface area contributed by atoms with Crippen molar-refractivity contribution in [1.29, 1.82) is 0 Å². The zero-order chi connectivity index (χ0) is 22.1. The molecular formula is C25H43O5-. The quantitative estimate of drug-likeness (QED) is 0.635. The molecule has 0 radical (unpaired) electrons. The molecule has 5 heteroatoms. The van der Waals surface area contributed by atoms with E-state index in [1.165, 1.54) is 12.8 Å². The summed E-state index contributed by atoms with van der Waals surface area (Å²) >= 11 is 0. The van der Waals surface area contributed by atoms with Crippen LogP contribution in [0.15, 0.2) is 0 Å². The summed E-state index contributed by atoms with van der Waals surface area (Å²) in [5.41, 5.74) is -0.356. The number of rotatable bonds is 8. The van der Waals surface area contributed by atoms with Crippen LogP contribution in [0.5, 0.6) is 0 Å². The van der Waals surface area contributed by atoms with E-state index in [2.05, 4.69) is 20.8 Å². The van der Waals surface area contributed by atoms with Gasteiger partial charge in [0.15, 0.2) is 0 Å². The van der Waals surface area contributed by atoms with Crippen molar-refractivity contribution in [2.24, 2.45) is 41.4 Å². The molecule has 0 spiro atoms. The summed E-state index contributed by atoms with van der Waals surface area (Å²) < 4.78 is 12.2. The Morgan fingerprint density at radius 3 is 2.53 bits per heavy atom. The minimum absolute atomic E-state index is 0.133.